The summed E-state index contributed by atoms with van der Waals surface area (Å²) >= 11 is 1.95. The van der Waals surface area contributed by atoms with Gasteiger partial charge >= 0.3 is 0 Å². The van der Waals surface area contributed by atoms with Crippen LogP contribution in [0.2, 0.25) is 0 Å². The van der Waals surface area contributed by atoms with Crippen LogP contribution in [0.5, 0.6) is 0 Å². The predicted molar refractivity (Wildman–Crippen MR) is 99.7 cm³/mol. The second-order valence-corrected chi connectivity index (χ2v) is 6.92. The van der Waals surface area contributed by atoms with E-state index in [0.29, 0.717) is 11.8 Å². The first kappa shape index (κ1) is 16.8. The summed E-state index contributed by atoms with van der Waals surface area (Å²) in [4.78, 5) is 5.77. The van der Waals surface area contributed by atoms with Crippen LogP contribution in [0.4, 0.5) is 0 Å². The molecule has 0 saturated heterocycles. The predicted octanol–water partition coefficient (Wildman–Crippen LogP) is 5.89. The molecule has 2 atom stereocenters. The number of pyridine rings is 1. The van der Waals surface area contributed by atoms with Crippen LogP contribution < -0.4 is 0 Å². The van der Waals surface area contributed by atoms with Crippen LogP contribution in [0.1, 0.15) is 32.9 Å². The summed E-state index contributed by atoms with van der Waals surface area (Å²) in [5.41, 5.74) is 3.26. The molecule has 0 bridgehead atoms. The van der Waals surface area contributed by atoms with E-state index in [1.165, 1.54) is 16.9 Å². The highest BCUT2D eigenvalue weighted by atomic mass is 32.2. The average molecular weight is 311 g/mol. The Balaban J connectivity index is 2.35. The lowest BCUT2D eigenvalue weighted by molar-refractivity contribution is 0.699. The first-order chi connectivity index (χ1) is 10.6. The molecule has 0 aliphatic carbocycles. The quantitative estimate of drug-likeness (QED) is 0.632. The monoisotopic (exact) mass is 311 g/mol. The Hall–Kier alpha value is -1.54. The van der Waals surface area contributed by atoms with Crippen LogP contribution >= 0.6 is 11.8 Å². The Morgan fingerprint density at radius 2 is 2.14 bits per heavy atom. The number of hydrogen-bond acceptors (Lipinski definition) is 2. The molecule has 2 heteroatoms. The van der Waals surface area contributed by atoms with E-state index in [1.807, 2.05) is 36.2 Å². The van der Waals surface area contributed by atoms with Gasteiger partial charge in [-0.2, -0.15) is 0 Å². The normalized spacial score (nSPS) is 28.0. The maximum absolute atomic E-state index is 4.40. The van der Waals surface area contributed by atoms with E-state index in [2.05, 4.69) is 56.6 Å². The van der Waals surface area contributed by atoms with E-state index in [-0.39, 0.29) is 0 Å². The van der Waals surface area contributed by atoms with E-state index < -0.39 is 0 Å². The van der Waals surface area contributed by atoms with Gasteiger partial charge in [0.05, 0.1) is 5.69 Å². The third-order valence-electron chi connectivity index (χ3n) is 3.92. The van der Waals surface area contributed by atoms with Gasteiger partial charge < -0.3 is 0 Å². The minimum absolute atomic E-state index is 0.389. The van der Waals surface area contributed by atoms with Gasteiger partial charge in [0.15, 0.2) is 0 Å². The van der Waals surface area contributed by atoms with Crippen molar-refractivity contribution in [2.24, 2.45) is 11.8 Å². The molecular formula is C20H25NS. The summed E-state index contributed by atoms with van der Waals surface area (Å²) in [7, 11) is 0. The zero-order chi connectivity index (χ0) is 15.9. The van der Waals surface area contributed by atoms with Crippen LogP contribution in [0.3, 0.4) is 0 Å². The molecule has 0 radical (unpaired) electrons. The van der Waals surface area contributed by atoms with Crippen LogP contribution in [-0.2, 0) is 0 Å². The summed E-state index contributed by atoms with van der Waals surface area (Å²) < 4.78 is 0. The molecule has 1 aliphatic rings. The van der Waals surface area contributed by atoms with Crippen molar-refractivity contribution < 1.29 is 0 Å². The topological polar surface area (TPSA) is 12.9 Å². The highest BCUT2D eigenvalue weighted by molar-refractivity contribution is 8.03. The number of nitrogens with zero attached hydrogens (tertiary/aromatic N) is 1. The van der Waals surface area contributed by atoms with Gasteiger partial charge in [-0.15, -0.1) is 11.8 Å². The zero-order valence-corrected chi connectivity index (χ0v) is 14.6. The third kappa shape index (κ3) is 4.48. The molecule has 22 heavy (non-hydrogen) atoms. The molecule has 0 amide bonds. The van der Waals surface area contributed by atoms with Crippen molar-refractivity contribution in [2.45, 2.75) is 27.2 Å². The lowest BCUT2D eigenvalue weighted by atomic mass is 9.95. The van der Waals surface area contributed by atoms with Crippen molar-refractivity contribution in [1.82, 2.24) is 4.98 Å². The largest absolute Gasteiger partial charge is 0.256 e. The van der Waals surface area contributed by atoms with Gasteiger partial charge in [-0.1, -0.05) is 44.7 Å². The average Bonchev–Trinajstić information content (AvgIpc) is 2.60. The Labute approximate surface area is 138 Å². The maximum atomic E-state index is 4.40. The van der Waals surface area contributed by atoms with E-state index in [9.17, 15) is 0 Å². The molecular weight excluding hydrogens is 286 g/mol. The summed E-state index contributed by atoms with van der Waals surface area (Å²) in [5, 5.41) is 0. The number of allylic oxidation sites excluding steroid dienone is 6. The fourth-order valence-corrected chi connectivity index (χ4v) is 3.77. The molecule has 0 spiro atoms. The van der Waals surface area contributed by atoms with Crippen molar-refractivity contribution in [3.8, 4) is 0 Å². The van der Waals surface area contributed by atoms with E-state index in [1.54, 1.807) is 0 Å². The number of thioether (sulfide) groups is 1. The molecule has 0 fully saturated rings. The minimum Gasteiger partial charge on any atom is -0.256 e. The Bertz CT molecular complexity index is 595. The molecule has 1 aromatic heterocycles. The van der Waals surface area contributed by atoms with E-state index in [0.717, 1.165) is 17.0 Å². The summed E-state index contributed by atoms with van der Waals surface area (Å²) in [6.07, 6.45) is 12.1. The van der Waals surface area contributed by atoms with Crippen LogP contribution in [-0.4, -0.2) is 10.7 Å². The number of rotatable bonds is 2. The molecule has 1 aromatic rings. The Kier molecular flexibility index (Phi) is 6.26. The van der Waals surface area contributed by atoms with Crippen molar-refractivity contribution >= 4 is 17.3 Å². The van der Waals surface area contributed by atoms with E-state index in [4.69, 9.17) is 0 Å². The van der Waals surface area contributed by atoms with Gasteiger partial charge in [0.2, 0.25) is 0 Å². The summed E-state index contributed by atoms with van der Waals surface area (Å²) in [5.74, 6) is 2.19. The smallest absolute Gasteiger partial charge is 0.0696 e. The van der Waals surface area contributed by atoms with Gasteiger partial charge in [-0.05, 0) is 54.4 Å². The lowest BCUT2D eigenvalue weighted by Gasteiger charge is -2.16. The molecule has 1 nitrogen and oxygen atoms in total. The van der Waals surface area contributed by atoms with Gasteiger partial charge in [-0.3, -0.25) is 4.98 Å². The molecule has 0 N–H and O–H groups in total. The number of aromatic nitrogens is 1. The molecule has 1 unspecified atom stereocenters. The first-order valence-corrected chi connectivity index (χ1v) is 8.90. The van der Waals surface area contributed by atoms with Gasteiger partial charge in [0.1, 0.15) is 0 Å². The van der Waals surface area contributed by atoms with Gasteiger partial charge in [0, 0.05) is 17.0 Å². The number of hydrogen-bond donors (Lipinski definition) is 0. The molecule has 2 heterocycles. The fraction of sp³-hybridized carbons (Fsp3) is 0.350. The van der Waals surface area contributed by atoms with Crippen molar-refractivity contribution in [2.75, 3.05) is 5.75 Å². The fourth-order valence-electron chi connectivity index (χ4n) is 2.49. The van der Waals surface area contributed by atoms with Crippen LogP contribution in [0, 0.1) is 11.8 Å². The van der Waals surface area contributed by atoms with Crippen LogP contribution in [0.15, 0.2) is 65.8 Å². The Morgan fingerprint density at radius 1 is 1.32 bits per heavy atom. The second-order valence-electron chi connectivity index (χ2n) is 5.78. The van der Waals surface area contributed by atoms with Crippen LogP contribution in [0.25, 0.3) is 5.57 Å². The highest BCUT2D eigenvalue weighted by Crippen LogP contribution is 2.34. The third-order valence-corrected chi connectivity index (χ3v) is 5.14. The van der Waals surface area contributed by atoms with Crippen molar-refractivity contribution in [1.29, 1.82) is 0 Å². The minimum atomic E-state index is 0.389. The molecule has 0 aromatic carbocycles. The molecule has 0 saturated carbocycles. The SMILES string of the molecule is C=C(/C=C1\C(=C/C)SCCC(C)/C=C\[C@H]1C)c1ccccn1. The standard InChI is InChI=1S/C20H25NS/c1-5-20-18(14-17(4)19-8-6-7-12-21-19)16(3)10-9-15(2)11-13-22-20/h5-10,12,14-16H,4,11,13H2,1-3H3/b10-9-,18-14-,20-5+/t15?,16-/m1/s1. The Morgan fingerprint density at radius 3 is 2.82 bits per heavy atom. The highest BCUT2D eigenvalue weighted by Gasteiger charge is 2.15. The van der Waals surface area contributed by atoms with Crippen molar-refractivity contribution in [3.05, 3.63) is 71.5 Å². The zero-order valence-electron chi connectivity index (χ0n) is 13.8. The second kappa shape index (κ2) is 8.19. The maximum Gasteiger partial charge on any atom is 0.0696 e. The molecule has 116 valence electrons. The molecule has 2 rings (SSSR count). The van der Waals surface area contributed by atoms with E-state index >= 15 is 0 Å². The lowest BCUT2D eigenvalue weighted by Crippen LogP contribution is -1.99. The van der Waals surface area contributed by atoms with Gasteiger partial charge in [0.25, 0.3) is 0 Å². The molecule has 1 aliphatic heterocycles. The summed E-state index contributed by atoms with van der Waals surface area (Å²) in [6.45, 7) is 10.9. The van der Waals surface area contributed by atoms with Gasteiger partial charge in [-0.25, -0.2) is 0 Å². The van der Waals surface area contributed by atoms with Crippen molar-refractivity contribution in [3.63, 3.8) is 0 Å². The first-order valence-electron chi connectivity index (χ1n) is 7.91. The summed E-state index contributed by atoms with van der Waals surface area (Å²) in [6, 6.07) is 5.95.